The summed E-state index contributed by atoms with van der Waals surface area (Å²) < 4.78 is 5.53. The molecule has 6 heteroatoms. The van der Waals surface area contributed by atoms with Crippen molar-refractivity contribution in [3.05, 3.63) is 34.9 Å². The Bertz CT molecular complexity index is 524. The van der Waals surface area contributed by atoms with Gasteiger partial charge >= 0.3 is 0 Å². The van der Waals surface area contributed by atoms with Crippen LogP contribution in [0.2, 0.25) is 5.02 Å². The minimum absolute atomic E-state index is 0.108. The molecule has 0 saturated carbocycles. The average molecular weight is 352 g/mol. The monoisotopic (exact) mass is 351 g/mol. The Morgan fingerprint density at radius 1 is 1.17 bits per heavy atom. The smallest absolute Gasteiger partial charge is 0.234 e. The third-order valence-corrected chi connectivity index (χ3v) is 4.95. The maximum Gasteiger partial charge on any atom is 0.234 e. The molecule has 0 aromatic heterocycles. The fraction of sp³-hybridized carbons (Fsp3) is 0.611. The summed E-state index contributed by atoms with van der Waals surface area (Å²) in [7, 11) is 0. The van der Waals surface area contributed by atoms with E-state index in [4.69, 9.17) is 16.3 Å². The van der Waals surface area contributed by atoms with Gasteiger partial charge in [-0.05, 0) is 30.5 Å². The van der Waals surface area contributed by atoms with E-state index in [2.05, 4.69) is 27.2 Å². The van der Waals surface area contributed by atoms with E-state index < -0.39 is 0 Å². The van der Waals surface area contributed by atoms with Gasteiger partial charge < -0.3 is 10.1 Å². The summed E-state index contributed by atoms with van der Waals surface area (Å²) in [6, 6.07) is 8.03. The number of nitrogens with zero attached hydrogens (tertiary/aromatic N) is 2. The number of rotatable bonds is 6. The van der Waals surface area contributed by atoms with Crippen LogP contribution in [0.25, 0.3) is 0 Å². The molecule has 0 unspecified atom stereocenters. The van der Waals surface area contributed by atoms with Crippen LogP contribution in [-0.2, 0) is 16.1 Å². The Hall–Kier alpha value is -1.14. The second-order valence-corrected chi connectivity index (χ2v) is 7.05. The van der Waals surface area contributed by atoms with Gasteiger partial charge in [0.05, 0.1) is 12.6 Å². The van der Waals surface area contributed by atoms with Crippen molar-refractivity contribution in [3.8, 4) is 0 Å². The zero-order valence-corrected chi connectivity index (χ0v) is 14.8. The Kier molecular flexibility index (Phi) is 6.49. The summed E-state index contributed by atoms with van der Waals surface area (Å²) in [6.45, 7) is 6.74. The number of halogens is 1. The average Bonchev–Trinajstić information content (AvgIpc) is 3.10. The van der Waals surface area contributed by atoms with E-state index in [0.29, 0.717) is 13.1 Å². The van der Waals surface area contributed by atoms with E-state index in [1.165, 1.54) is 5.56 Å². The molecule has 1 atom stereocenters. The summed E-state index contributed by atoms with van der Waals surface area (Å²) >= 11 is 5.92. The first-order valence-corrected chi connectivity index (χ1v) is 9.14. The number of hydrogen-bond donors (Lipinski definition) is 1. The van der Waals surface area contributed by atoms with Crippen molar-refractivity contribution in [2.75, 3.05) is 45.9 Å². The summed E-state index contributed by atoms with van der Waals surface area (Å²) in [5.41, 5.74) is 1.28. The van der Waals surface area contributed by atoms with Crippen molar-refractivity contribution < 1.29 is 9.53 Å². The molecule has 1 amide bonds. The molecule has 0 bridgehead atoms. The van der Waals surface area contributed by atoms with Crippen LogP contribution in [0.5, 0.6) is 0 Å². The van der Waals surface area contributed by atoms with Crippen LogP contribution in [-0.4, -0.2) is 67.7 Å². The second kappa shape index (κ2) is 8.81. The first-order chi connectivity index (χ1) is 11.7. The highest BCUT2D eigenvalue weighted by molar-refractivity contribution is 6.30. The molecule has 24 heavy (non-hydrogen) atoms. The van der Waals surface area contributed by atoms with E-state index in [-0.39, 0.29) is 12.0 Å². The molecule has 2 saturated heterocycles. The van der Waals surface area contributed by atoms with Crippen LogP contribution in [0, 0.1) is 0 Å². The summed E-state index contributed by atoms with van der Waals surface area (Å²) in [5, 5.41) is 3.77. The van der Waals surface area contributed by atoms with Gasteiger partial charge in [0, 0.05) is 50.9 Å². The van der Waals surface area contributed by atoms with Crippen molar-refractivity contribution in [1.82, 2.24) is 15.1 Å². The fourth-order valence-corrected chi connectivity index (χ4v) is 3.37. The minimum atomic E-state index is 0.108. The van der Waals surface area contributed by atoms with E-state index in [1.54, 1.807) is 0 Å². The van der Waals surface area contributed by atoms with Crippen LogP contribution in [0.1, 0.15) is 18.4 Å². The molecule has 132 valence electrons. The molecule has 5 nitrogen and oxygen atoms in total. The largest absolute Gasteiger partial charge is 0.376 e. The van der Waals surface area contributed by atoms with Crippen LogP contribution < -0.4 is 5.32 Å². The van der Waals surface area contributed by atoms with Gasteiger partial charge in [0.25, 0.3) is 0 Å². The number of nitrogens with one attached hydrogen (secondary N) is 1. The molecule has 2 aliphatic heterocycles. The molecule has 1 aromatic carbocycles. The van der Waals surface area contributed by atoms with Crippen molar-refractivity contribution in [1.29, 1.82) is 0 Å². The van der Waals surface area contributed by atoms with Crippen LogP contribution in [0.4, 0.5) is 0 Å². The summed E-state index contributed by atoms with van der Waals surface area (Å²) in [4.78, 5) is 16.7. The van der Waals surface area contributed by atoms with Crippen LogP contribution in [0.3, 0.4) is 0 Å². The summed E-state index contributed by atoms with van der Waals surface area (Å²) in [5.74, 6) is 0.108. The molecule has 2 fully saturated rings. The molecule has 0 spiro atoms. The first-order valence-electron chi connectivity index (χ1n) is 8.76. The fourth-order valence-electron chi connectivity index (χ4n) is 3.25. The zero-order valence-electron chi connectivity index (χ0n) is 14.0. The lowest BCUT2D eigenvalue weighted by Crippen LogP contribution is -2.49. The van der Waals surface area contributed by atoms with Crippen molar-refractivity contribution >= 4 is 17.5 Å². The van der Waals surface area contributed by atoms with E-state index in [0.717, 1.165) is 57.2 Å². The van der Waals surface area contributed by atoms with Crippen LogP contribution in [0.15, 0.2) is 24.3 Å². The highest BCUT2D eigenvalue weighted by Crippen LogP contribution is 2.13. The second-order valence-electron chi connectivity index (χ2n) is 6.62. The van der Waals surface area contributed by atoms with Crippen LogP contribution >= 0.6 is 11.6 Å². The topological polar surface area (TPSA) is 44.8 Å². The van der Waals surface area contributed by atoms with Gasteiger partial charge in [-0.2, -0.15) is 0 Å². The lowest BCUT2D eigenvalue weighted by atomic mass is 10.2. The van der Waals surface area contributed by atoms with Crippen molar-refractivity contribution in [3.63, 3.8) is 0 Å². The first kappa shape index (κ1) is 17.7. The SMILES string of the molecule is O=C(CN1CCN(Cc2ccc(Cl)cc2)CC1)NC[C@H]1CCCO1. The van der Waals surface area contributed by atoms with E-state index >= 15 is 0 Å². The number of carbonyl (C=O) groups is 1. The number of amides is 1. The number of ether oxygens (including phenoxy) is 1. The summed E-state index contributed by atoms with van der Waals surface area (Å²) in [6.07, 6.45) is 2.38. The Morgan fingerprint density at radius 2 is 1.88 bits per heavy atom. The molecule has 2 heterocycles. The highest BCUT2D eigenvalue weighted by Gasteiger charge is 2.20. The molecule has 3 rings (SSSR count). The Morgan fingerprint density at radius 3 is 2.54 bits per heavy atom. The number of carbonyl (C=O) groups excluding carboxylic acids is 1. The standard InChI is InChI=1S/C18H26ClN3O2/c19-16-5-3-15(4-6-16)13-21-7-9-22(10-8-21)14-18(23)20-12-17-2-1-11-24-17/h3-6,17H,1-2,7-14H2,(H,20,23)/t17-/m1/s1. The Labute approximate surface area is 148 Å². The van der Waals surface area contributed by atoms with Gasteiger partial charge in [-0.25, -0.2) is 0 Å². The molecule has 1 aromatic rings. The van der Waals surface area contributed by atoms with Gasteiger partial charge in [-0.3, -0.25) is 14.6 Å². The number of benzene rings is 1. The molecular formula is C18H26ClN3O2. The lowest BCUT2D eigenvalue weighted by molar-refractivity contribution is -0.123. The third kappa shape index (κ3) is 5.45. The Balaban J connectivity index is 1.34. The lowest BCUT2D eigenvalue weighted by Gasteiger charge is -2.34. The zero-order chi connectivity index (χ0) is 16.8. The predicted octanol–water partition coefficient (Wildman–Crippen LogP) is 1.75. The van der Waals surface area contributed by atoms with Gasteiger partial charge in [-0.1, -0.05) is 23.7 Å². The van der Waals surface area contributed by atoms with E-state index in [9.17, 15) is 4.79 Å². The molecule has 0 radical (unpaired) electrons. The maximum absolute atomic E-state index is 12.0. The van der Waals surface area contributed by atoms with Crippen molar-refractivity contribution in [2.45, 2.75) is 25.5 Å². The molecular weight excluding hydrogens is 326 g/mol. The highest BCUT2D eigenvalue weighted by atomic mass is 35.5. The van der Waals surface area contributed by atoms with Gasteiger partial charge in [0.1, 0.15) is 0 Å². The van der Waals surface area contributed by atoms with Gasteiger partial charge in [0.15, 0.2) is 0 Å². The van der Waals surface area contributed by atoms with Gasteiger partial charge in [0.2, 0.25) is 5.91 Å². The minimum Gasteiger partial charge on any atom is -0.376 e. The normalized spacial score (nSPS) is 22.6. The van der Waals surface area contributed by atoms with Gasteiger partial charge in [-0.15, -0.1) is 0 Å². The quantitative estimate of drug-likeness (QED) is 0.848. The molecule has 1 N–H and O–H groups in total. The maximum atomic E-state index is 12.0. The molecule has 0 aliphatic carbocycles. The molecule has 2 aliphatic rings. The number of hydrogen-bond acceptors (Lipinski definition) is 4. The number of piperazine rings is 1. The third-order valence-electron chi connectivity index (χ3n) is 4.70. The van der Waals surface area contributed by atoms with Crippen molar-refractivity contribution in [2.24, 2.45) is 0 Å². The van der Waals surface area contributed by atoms with E-state index in [1.807, 2.05) is 12.1 Å². The predicted molar refractivity (Wildman–Crippen MR) is 95.2 cm³/mol.